The summed E-state index contributed by atoms with van der Waals surface area (Å²) in [6.45, 7) is 0. The van der Waals surface area contributed by atoms with Crippen LogP contribution in [0.2, 0.25) is 0 Å². The lowest BCUT2D eigenvalue weighted by Gasteiger charge is -2.55. The second-order valence-corrected chi connectivity index (χ2v) is 9.42. The molecule has 3 aromatic rings. The van der Waals surface area contributed by atoms with Gasteiger partial charge in [0, 0.05) is 27.3 Å². The lowest BCUT2D eigenvalue weighted by molar-refractivity contribution is -0.148. The van der Waals surface area contributed by atoms with Crippen LogP contribution < -0.4 is 0 Å². The van der Waals surface area contributed by atoms with Crippen molar-refractivity contribution in [1.29, 1.82) is 0 Å². The highest BCUT2D eigenvalue weighted by atomic mass is 35.5. The molecular formula is C20H14ClNO4S2. The molecule has 0 saturated carbocycles. The largest absolute Gasteiger partial charge is 0.477 e. The number of rotatable bonds is 4. The second kappa shape index (κ2) is 6.47. The topological polar surface area (TPSA) is 70.8 Å². The Balaban J connectivity index is 1.51. The fourth-order valence-electron chi connectivity index (χ4n) is 3.73. The molecule has 2 atom stereocenters. The summed E-state index contributed by atoms with van der Waals surface area (Å²) in [5.41, 5.74) is 1.61. The van der Waals surface area contributed by atoms with E-state index in [-0.39, 0.29) is 22.9 Å². The SMILES string of the molecule is O=C(O)C1=CCS[C@@H]2N1C(=O)C2(CCl)Sc1ccc2c(c1)oc1ccccc12. The van der Waals surface area contributed by atoms with E-state index in [1.54, 1.807) is 6.08 Å². The molecule has 3 heterocycles. The number of β-lactam (4-membered cyclic amide) rings is 1. The Kier molecular flexibility index (Phi) is 4.15. The summed E-state index contributed by atoms with van der Waals surface area (Å²) in [5.74, 6) is -0.702. The van der Waals surface area contributed by atoms with Crippen molar-refractivity contribution in [2.75, 3.05) is 11.6 Å². The Bertz CT molecular complexity index is 1170. The van der Waals surface area contributed by atoms with Crippen molar-refractivity contribution in [3.05, 3.63) is 54.2 Å². The van der Waals surface area contributed by atoms with E-state index in [4.69, 9.17) is 16.0 Å². The number of benzene rings is 2. The van der Waals surface area contributed by atoms with Crippen LogP contribution in [0.25, 0.3) is 21.9 Å². The maximum atomic E-state index is 13.0. The summed E-state index contributed by atoms with van der Waals surface area (Å²) >= 11 is 9.18. The summed E-state index contributed by atoms with van der Waals surface area (Å²) in [4.78, 5) is 26.6. The average Bonchev–Trinajstić information content (AvgIpc) is 3.08. The number of carboxylic acid groups (broad SMARTS) is 1. The number of furan rings is 1. The Morgan fingerprint density at radius 1 is 1.29 bits per heavy atom. The van der Waals surface area contributed by atoms with Crippen LogP contribution in [0.3, 0.4) is 0 Å². The molecule has 5 nitrogen and oxygen atoms in total. The van der Waals surface area contributed by atoms with Gasteiger partial charge in [-0.1, -0.05) is 18.2 Å². The van der Waals surface area contributed by atoms with Gasteiger partial charge in [0.15, 0.2) is 0 Å². The number of carbonyl (C=O) groups is 2. The van der Waals surface area contributed by atoms with Gasteiger partial charge in [-0.05, 0) is 30.3 Å². The number of nitrogens with zero attached hydrogens (tertiary/aromatic N) is 1. The van der Waals surface area contributed by atoms with Crippen molar-refractivity contribution in [1.82, 2.24) is 4.90 Å². The first-order valence-corrected chi connectivity index (χ1v) is 11.0. The van der Waals surface area contributed by atoms with Crippen molar-refractivity contribution < 1.29 is 19.1 Å². The van der Waals surface area contributed by atoms with E-state index in [2.05, 4.69) is 0 Å². The molecule has 142 valence electrons. The van der Waals surface area contributed by atoms with Gasteiger partial charge in [-0.3, -0.25) is 9.69 Å². The van der Waals surface area contributed by atoms with Crippen LogP contribution in [0, 0.1) is 0 Å². The first kappa shape index (κ1) is 18.0. The molecule has 1 saturated heterocycles. The Hall–Kier alpha value is -2.09. The number of halogens is 1. The van der Waals surface area contributed by atoms with Crippen LogP contribution in [0.1, 0.15) is 0 Å². The first-order chi connectivity index (χ1) is 13.5. The Morgan fingerprint density at radius 3 is 2.86 bits per heavy atom. The fraction of sp³-hybridized carbons (Fsp3) is 0.200. The van der Waals surface area contributed by atoms with Gasteiger partial charge in [0.1, 0.15) is 27.0 Å². The van der Waals surface area contributed by atoms with E-state index >= 15 is 0 Å². The fourth-order valence-corrected chi connectivity index (χ4v) is 7.02. The molecule has 1 N–H and O–H groups in total. The van der Waals surface area contributed by atoms with Gasteiger partial charge in [-0.2, -0.15) is 0 Å². The molecule has 2 aliphatic rings. The molecule has 1 unspecified atom stereocenters. The summed E-state index contributed by atoms with van der Waals surface area (Å²) in [6, 6.07) is 13.7. The number of amides is 1. The van der Waals surface area contributed by atoms with E-state index in [1.807, 2.05) is 42.5 Å². The second-order valence-electron chi connectivity index (χ2n) is 6.64. The Morgan fingerprint density at radius 2 is 2.07 bits per heavy atom. The van der Waals surface area contributed by atoms with Crippen LogP contribution in [0.4, 0.5) is 0 Å². The normalized spacial score (nSPS) is 24.2. The zero-order chi connectivity index (χ0) is 19.5. The molecule has 5 rings (SSSR count). The van der Waals surface area contributed by atoms with Crippen LogP contribution in [-0.4, -0.2) is 43.6 Å². The molecule has 0 bridgehead atoms. The van der Waals surface area contributed by atoms with Crippen LogP contribution in [0.5, 0.6) is 0 Å². The summed E-state index contributed by atoms with van der Waals surface area (Å²) < 4.78 is 5.05. The van der Waals surface area contributed by atoms with Gasteiger partial charge < -0.3 is 9.52 Å². The molecule has 1 aromatic heterocycles. The van der Waals surface area contributed by atoms with Gasteiger partial charge in [0.05, 0.1) is 0 Å². The lowest BCUT2D eigenvalue weighted by Crippen LogP contribution is -2.72. The van der Waals surface area contributed by atoms with Crippen LogP contribution in [0.15, 0.2) is 63.6 Å². The minimum atomic E-state index is -1.09. The van der Waals surface area contributed by atoms with E-state index in [0.717, 1.165) is 26.8 Å². The summed E-state index contributed by atoms with van der Waals surface area (Å²) in [6.07, 6.45) is 1.57. The van der Waals surface area contributed by atoms with Gasteiger partial charge in [-0.25, -0.2) is 4.79 Å². The number of hydrogen-bond donors (Lipinski definition) is 1. The zero-order valence-electron chi connectivity index (χ0n) is 14.4. The molecule has 0 spiro atoms. The molecular weight excluding hydrogens is 418 g/mol. The van der Waals surface area contributed by atoms with Gasteiger partial charge >= 0.3 is 5.97 Å². The minimum absolute atomic E-state index is 0.0443. The highest BCUT2D eigenvalue weighted by molar-refractivity contribution is 8.05. The van der Waals surface area contributed by atoms with E-state index in [9.17, 15) is 14.7 Å². The number of carboxylic acids is 1. The monoisotopic (exact) mass is 431 g/mol. The molecule has 2 aromatic carbocycles. The smallest absolute Gasteiger partial charge is 0.352 e. The lowest BCUT2D eigenvalue weighted by atomic mass is 9.97. The van der Waals surface area contributed by atoms with E-state index < -0.39 is 10.7 Å². The predicted molar refractivity (Wildman–Crippen MR) is 112 cm³/mol. The Labute approximate surface area is 173 Å². The quantitative estimate of drug-likeness (QED) is 0.483. The third-order valence-corrected chi connectivity index (χ3v) is 8.49. The number of hydrogen-bond acceptors (Lipinski definition) is 5. The zero-order valence-corrected chi connectivity index (χ0v) is 16.8. The van der Waals surface area contributed by atoms with Crippen LogP contribution in [-0.2, 0) is 9.59 Å². The number of thioether (sulfide) groups is 2. The van der Waals surface area contributed by atoms with Gasteiger partial charge in [-0.15, -0.1) is 35.1 Å². The molecule has 1 amide bonds. The average molecular weight is 432 g/mol. The molecule has 0 aliphatic carbocycles. The van der Waals surface area contributed by atoms with Crippen molar-refractivity contribution in [2.45, 2.75) is 15.0 Å². The van der Waals surface area contributed by atoms with Crippen molar-refractivity contribution in [3.63, 3.8) is 0 Å². The maximum Gasteiger partial charge on any atom is 0.352 e. The number of fused-ring (bicyclic) bond motifs is 4. The molecule has 2 aliphatic heterocycles. The highest BCUT2D eigenvalue weighted by Gasteiger charge is 2.64. The maximum absolute atomic E-state index is 13.0. The van der Waals surface area contributed by atoms with Crippen LogP contribution >= 0.6 is 35.1 Å². The number of carbonyl (C=O) groups excluding carboxylic acids is 1. The third kappa shape index (κ3) is 2.43. The summed E-state index contributed by atoms with van der Waals surface area (Å²) in [5, 5.41) is 11.1. The number of aliphatic carboxylic acids is 1. The number of alkyl halides is 1. The molecule has 28 heavy (non-hydrogen) atoms. The standard InChI is InChI=1S/C20H14ClNO4S2/c21-10-20(18(25)22-14(17(23)24)7-8-27-19(20)22)28-11-5-6-13-12-3-1-2-4-15(12)26-16(13)9-11/h1-7,9,19H,8,10H2,(H,23,24)/t19-,20?/m0/s1. The van der Waals surface area contributed by atoms with E-state index in [0.29, 0.717) is 5.75 Å². The molecule has 0 radical (unpaired) electrons. The number of para-hydroxylation sites is 1. The highest BCUT2D eigenvalue weighted by Crippen LogP contribution is 2.54. The van der Waals surface area contributed by atoms with Gasteiger partial charge in [0.2, 0.25) is 5.91 Å². The molecule has 1 fully saturated rings. The van der Waals surface area contributed by atoms with Gasteiger partial charge in [0.25, 0.3) is 0 Å². The van der Waals surface area contributed by atoms with Crippen molar-refractivity contribution in [3.8, 4) is 0 Å². The minimum Gasteiger partial charge on any atom is -0.477 e. The van der Waals surface area contributed by atoms with E-state index in [1.165, 1.54) is 28.4 Å². The summed E-state index contributed by atoms with van der Waals surface area (Å²) in [7, 11) is 0. The predicted octanol–water partition coefficient (Wildman–Crippen LogP) is 4.54. The molecule has 8 heteroatoms. The first-order valence-electron chi connectivity index (χ1n) is 8.60. The third-order valence-electron chi connectivity index (χ3n) is 5.07. The van der Waals surface area contributed by atoms with Crippen molar-refractivity contribution in [2.24, 2.45) is 0 Å². The van der Waals surface area contributed by atoms with Crippen molar-refractivity contribution >= 4 is 68.9 Å².